The van der Waals surface area contributed by atoms with Crippen LogP contribution in [0.3, 0.4) is 0 Å². The lowest BCUT2D eigenvalue weighted by Crippen LogP contribution is -2.22. The number of sulfonamides is 1. The molecule has 0 aliphatic rings. The minimum Gasteiger partial charge on any atom is -0.249 e. The highest BCUT2D eigenvalue weighted by atomic mass is 79.9. The summed E-state index contributed by atoms with van der Waals surface area (Å²) >= 11 is 4.51. The fourth-order valence-electron chi connectivity index (χ4n) is 1.36. The Morgan fingerprint density at radius 3 is 2.83 bits per heavy atom. The second kappa shape index (κ2) is 5.48. The van der Waals surface area contributed by atoms with E-state index in [0.717, 1.165) is 26.4 Å². The molecule has 2 aromatic rings. The molecule has 7 heteroatoms. The van der Waals surface area contributed by atoms with Crippen LogP contribution < -0.4 is 4.72 Å². The SMILES string of the molecule is Cc1ncc(S(=O)(=O)NCc2cccc(Br)c2)s1. The van der Waals surface area contributed by atoms with Gasteiger partial charge in [-0.25, -0.2) is 18.1 Å². The monoisotopic (exact) mass is 346 g/mol. The van der Waals surface area contributed by atoms with Crippen molar-refractivity contribution in [1.29, 1.82) is 0 Å². The summed E-state index contributed by atoms with van der Waals surface area (Å²) in [5.41, 5.74) is 0.897. The minimum atomic E-state index is -3.46. The van der Waals surface area contributed by atoms with Gasteiger partial charge < -0.3 is 0 Å². The minimum absolute atomic E-state index is 0.245. The average Bonchev–Trinajstić information content (AvgIpc) is 2.74. The Labute approximate surface area is 118 Å². The number of benzene rings is 1. The first kappa shape index (κ1) is 13.7. The molecular weight excluding hydrogens is 336 g/mol. The molecular formula is C11H11BrN2O2S2. The molecule has 0 radical (unpaired) electrons. The van der Waals surface area contributed by atoms with Gasteiger partial charge in [-0.2, -0.15) is 0 Å². The van der Waals surface area contributed by atoms with Crippen LogP contribution in [0.4, 0.5) is 0 Å². The molecule has 1 N–H and O–H groups in total. The summed E-state index contributed by atoms with van der Waals surface area (Å²) in [6.07, 6.45) is 1.38. The lowest BCUT2D eigenvalue weighted by atomic mass is 10.2. The van der Waals surface area contributed by atoms with E-state index in [9.17, 15) is 8.42 Å². The number of nitrogens with zero attached hydrogens (tertiary/aromatic N) is 1. The van der Waals surface area contributed by atoms with Crippen LogP contribution in [0.1, 0.15) is 10.6 Å². The third kappa shape index (κ3) is 3.38. The highest BCUT2D eigenvalue weighted by Gasteiger charge is 2.16. The van der Waals surface area contributed by atoms with Crippen molar-refractivity contribution in [1.82, 2.24) is 9.71 Å². The Bertz CT molecular complexity index is 653. The Hall–Kier alpha value is -0.760. The molecule has 0 aliphatic carbocycles. The molecule has 1 aromatic heterocycles. The second-order valence-electron chi connectivity index (χ2n) is 3.65. The van der Waals surface area contributed by atoms with Crippen molar-refractivity contribution >= 4 is 37.3 Å². The Morgan fingerprint density at radius 2 is 2.22 bits per heavy atom. The van der Waals surface area contributed by atoms with Crippen LogP contribution in [-0.2, 0) is 16.6 Å². The van der Waals surface area contributed by atoms with Gasteiger partial charge in [-0.15, -0.1) is 11.3 Å². The molecule has 0 fully saturated rings. The normalized spacial score (nSPS) is 11.7. The molecule has 0 saturated heterocycles. The average molecular weight is 347 g/mol. The molecule has 4 nitrogen and oxygen atoms in total. The van der Waals surface area contributed by atoms with E-state index in [1.807, 2.05) is 24.3 Å². The van der Waals surface area contributed by atoms with Gasteiger partial charge in [-0.05, 0) is 24.6 Å². The lowest BCUT2D eigenvalue weighted by molar-refractivity contribution is 0.583. The highest BCUT2D eigenvalue weighted by molar-refractivity contribution is 9.10. The molecule has 1 aromatic carbocycles. The molecule has 0 saturated carbocycles. The van der Waals surface area contributed by atoms with Crippen LogP contribution in [0.5, 0.6) is 0 Å². The number of hydrogen-bond donors (Lipinski definition) is 1. The van der Waals surface area contributed by atoms with Crippen molar-refractivity contribution in [2.45, 2.75) is 17.7 Å². The first-order chi connectivity index (χ1) is 8.47. The maximum Gasteiger partial charge on any atom is 0.251 e. The number of rotatable bonds is 4. The topological polar surface area (TPSA) is 59.1 Å². The standard InChI is InChI=1S/C11H11BrN2O2S2/c1-8-13-7-11(17-8)18(15,16)14-6-9-3-2-4-10(12)5-9/h2-5,7,14H,6H2,1H3. The molecule has 1 heterocycles. The van der Waals surface area contributed by atoms with E-state index in [4.69, 9.17) is 0 Å². The smallest absolute Gasteiger partial charge is 0.249 e. The first-order valence-electron chi connectivity index (χ1n) is 5.14. The highest BCUT2D eigenvalue weighted by Crippen LogP contribution is 2.18. The van der Waals surface area contributed by atoms with Gasteiger partial charge in [0.2, 0.25) is 0 Å². The van der Waals surface area contributed by atoms with Crippen molar-refractivity contribution < 1.29 is 8.42 Å². The van der Waals surface area contributed by atoms with E-state index >= 15 is 0 Å². The number of nitrogens with one attached hydrogen (secondary N) is 1. The van der Waals surface area contributed by atoms with Crippen LogP contribution in [-0.4, -0.2) is 13.4 Å². The largest absolute Gasteiger partial charge is 0.251 e. The summed E-state index contributed by atoms with van der Waals surface area (Å²) in [6, 6.07) is 7.50. The van der Waals surface area contributed by atoms with Crippen LogP contribution >= 0.6 is 27.3 Å². The summed E-state index contributed by atoms with van der Waals surface area (Å²) in [7, 11) is -3.46. The van der Waals surface area contributed by atoms with Crippen LogP contribution in [0.15, 0.2) is 39.1 Å². The third-order valence-electron chi connectivity index (χ3n) is 2.22. The van der Waals surface area contributed by atoms with Gasteiger partial charge in [-0.1, -0.05) is 28.1 Å². The molecule has 96 valence electrons. The predicted octanol–water partition coefficient (Wildman–Crippen LogP) is 2.69. The summed E-state index contributed by atoms with van der Waals surface area (Å²) < 4.78 is 27.6. The summed E-state index contributed by atoms with van der Waals surface area (Å²) in [5.74, 6) is 0. The number of hydrogen-bond acceptors (Lipinski definition) is 4. The summed E-state index contributed by atoms with van der Waals surface area (Å²) in [5, 5.41) is 0.734. The third-order valence-corrected chi connectivity index (χ3v) is 5.49. The van der Waals surface area contributed by atoms with Crippen molar-refractivity contribution in [3.05, 3.63) is 45.5 Å². The van der Waals surface area contributed by atoms with E-state index in [2.05, 4.69) is 25.6 Å². The maximum absolute atomic E-state index is 12.0. The van der Waals surface area contributed by atoms with Gasteiger partial charge in [0, 0.05) is 11.0 Å². The summed E-state index contributed by atoms with van der Waals surface area (Å²) in [6.45, 7) is 2.04. The van der Waals surface area contributed by atoms with Crippen molar-refractivity contribution in [3.63, 3.8) is 0 Å². The zero-order valence-corrected chi connectivity index (χ0v) is 12.8. The Morgan fingerprint density at radius 1 is 1.44 bits per heavy atom. The fourth-order valence-corrected chi connectivity index (χ4v) is 3.98. The van der Waals surface area contributed by atoms with E-state index in [-0.39, 0.29) is 10.8 Å². The van der Waals surface area contributed by atoms with Crippen molar-refractivity contribution in [2.75, 3.05) is 0 Å². The maximum atomic E-state index is 12.0. The first-order valence-corrected chi connectivity index (χ1v) is 8.23. The van der Waals surface area contributed by atoms with Crippen molar-refractivity contribution in [3.8, 4) is 0 Å². The predicted molar refractivity (Wildman–Crippen MR) is 75.0 cm³/mol. The van der Waals surface area contributed by atoms with Gasteiger partial charge in [0.05, 0.1) is 11.2 Å². The van der Waals surface area contributed by atoms with E-state index in [1.54, 1.807) is 6.92 Å². The Balaban J connectivity index is 2.10. The fraction of sp³-hybridized carbons (Fsp3) is 0.182. The van der Waals surface area contributed by atoms with E-state index in [1.165, 1.54) is 6.20 Å². The summed E-state index contributed by atoms with van der Waals surface area (Å²) in [4.78, 5) is 3.94. The molecule has 0 atom stereocenters. The molecule has 2 rings (SSSR count). The lowest BCUT2D eigenvalue weighted by Gasteiger charge is -2.04. The quantitative estimate of drug-likeness (QED) is 0.925. The zero-order chi connectivity index (χ0) is 13.2. The second-order valence-corrected chi connectivity index (χ2v) is 7.80. The number of aryl methyl sites for hydroxylation is 1. The number of halogens is 1. The molecule has 0 bridgehead atoms. The molecule has 0 aliphatic heterocycles. The van der Waals surface area contributed by atoms with E-state index < -0.39 is 10.0 Å². The van der Waals surface area contributed by atoms with Gasteiger partial charge >= 0.3 is 0 Å². The van der Waals surface area contributed by atoms with Crippen LogP contribution in [0.25, 0.3) is 0 Å². The van der Waals surface area contributed by atoms with Crippen LogP contribution in [0.2, 0.25) is 0 Å². The Kier molecular flexibility index (Phi) is 4.16. The van der Waals surface area contributed by atoms with Gasteiger partial charge in [-0.3, -0.25) is 0 Å². The van der Waals surface area contributed by atoms with Gasteiger partial charge in [0.25, 0.3) is 10.0 Å². The molecule has 0 spiro atoms. The zero-order valence-electron chi connectivity index (χ0n) is 9.55. The molecule has 18 heavy (non-hydrogen) atoms. The van der Waals surface area contributed by atoms with E-state index in [0.29, 0.717) is 0 Å². The van der Waals surface area contributed by atoms with Gasteiger partial charge in [0.1, 0.15) is 0 Å². The van der Waals surface area contributed by atoms with Crippen molar-refractivity contribution in [2.24, 2.45) is 0 Å². The molecule has 0 amide bonds. The number of aromatic nitrogens is 1. The van der Waals surface area contributed by atoms with Crippen LogP contribution in [0, 0.1) is 6.92 Å². The van der Waals surface area contributed by atoms with Gasteiger partial charge in [0.15, 0.2) is 4.21 Å². The molecule has 0 unspecified atom stereocenters. The number of thiazole rings is 1.